The molecule has 0 spiro atoms. The first kappa shape index (κ1) is 25.0. The van der Waals surface area contributed by atoms with Gasteiger partial charge in [-0.05, 0) is 48.7 Å². The van der Waals surface area contributed by atoms with Crippen molar-refractivity contribution in [2.45, 2.75) is 31.1 Å². The number of alkyl halides is 3. The summed E-state index contributed by atoms with van der Waals surface area (Å²) in [6, 6.07) is 11.5. The minimum absolute atomic E-state index is 0.154. The van der Waals surface area contributed by atoms with Crippen molar-refractivity contribution in [3.63, 3.8) is 0 Å². The van der Waals surface area contributed by atoms with Gasteiger partial charge in [-0.2, -0.15) is 18.3 Å². The number of fused-ring (bicyclic) bond motifs is 1. The molecule has 34 heavy (non-hydrogen) atoms. The summed E-state index contributed by atoms with van der Waals surface area (Å²) in [5.74, 6) is -3.29. The number of likely N-dealkylation sites (tertiary alicyclic amines) is 1. The second-order valence-electron chi connectivity index (χ2n) is 7.75. The van der Waals surface area contributed by atoms with Gasteiger partial charge in [0.2, 0.25) is 5.91 Å². The van der Waals surface area contributed by atoms with E-state index in [1.807, 2.05) is 12.1 Å². The fraction of sp³-hybridized carbons (Fsp3) is 0.318. The fourth-order valence-electron chi connectivity index (χ4n) is 3.55. The molecule has 4 rings (SSSR count). The molecule has 0 saturated carbocycles. The molecule has 1 amide bonds. The number of nitrogens with two attached hydrogens (primary N) is 1. The van der Waals surface area contributed by atoms with Gasteiger partial charge in [0.05, 0.1) is 11.7 Å². The standard InChI is InChI=1S/C20H22FN5O.C2HF3O2/c21-15-3-1-2-13(10-15)19(22)20(27)26-8-6-16(7-9-26)24-17-4-5-18-14(11-17)12-23-25-18;3-2(4,5)1(6)7/h1-5,10-12,16,19,24H,6-9,22H2,(H,23,25);(H,6,7). The molecule has 2 heterocycles. The van der Waals surface area contributed by atoms with Crippen molar-refractivity contribution in [1.29, 1.82) is 0 Å². The van der Waals surface area contributed by atoms with E-state index in [9.17, 15) is 22.4 Å². The third-order valence-electron chi connectivity index (χ3n) is 5.33. The lowest BCUT2D eigenvalue weighted by molar-refractivity contribution is -0.192. The van der Waals surface area contributed by atoms with Crippen molar-refractivity contribution >= 4 is 28.5 Å². The van der Waals surface area contributed by atoms with Crippen LogP contribution in [0.25, 0.3) is 10.9 Å². The molecule has 5 N–H and O–H groups in total. The van der Waals surface area contributed by atoms with Crippen LogP contribution in [0.5, 0.6) is 0 Å². The fourth-order valence-corrected chi connectivity index (χ4v) is 3.55. The van der Waals surface area contributed by atoms with Crippen molar-refractivity contribution in [2.24, 2.45) is 5.73 Å². The van der Waals surface area contributed by atoms with Crippen LogP contribution in [0, 0.1) is 5.82 Å². The Morgan fingerprint density at radius 1 is 1.18 bits per heavy atom. The van der Waals surface area contributed by atoms with Crippen molar-refractivity contribution in [2.75, 3.05) is 18.4 Å². The highest BCUT2D eigenvalue weighted by atomic mass is 19.4. The average molecular weight is 481 g/mol. The molecule has 8 nitrogen and oxygen atoms in total. The Hall–Kier alpha value is -3.67. The summed E-state index contributed by atoms with van der Waals surface area (Å²) in [4.78, 5) is 23.3. The van der Waals surface area contributed by atoms with Crippen molar-refractivity contribution in [3.8, 4) is 0 Å². The summed E-state index contributed by atoms with van der Waals surface area (Å²) < 4.78 is 45.1. The smallest absolute Gasteiger partial charge is 0.475 e. The first-order valence-corrected chi connectivity index (χ1v) is 10.3. The molecule has 1 unspecified atom stereocenters. The maximum atomic E-state index is 13.4. The number of hydrogen-bond acceptors (Lipinski definition) is 5. The lowest BCUT2D eigenvalue weighted by Gasteiger charge is -2.34. The number of rotatable bonds is 4. The van der Waals surface area contributed by atoms with Gasteiger partial charge in [0.25, 0.3) is 0 Å². The minimum atomic E-state index is -5.08. The van der Waals surface area contributed by atoms with E-state index in [0.29, 0.717) is 24.7 Å². The topological polar surface area (TPSA) is 124 Å². The van der Waals surface area contributed by atoms with Crippen molar-refractivity contribution in [1.82, 2.24) is 15.1 Å². The number of nitrogens with zero attached hydrogens (tertiary/aromatic N) is 2. The molecule has 1 aromatic heterocycles. The summed E-state index contributed by atoms with van der Waals surface area (Å²) in [5.41, 5.74) is 8.62. The second kappa shape index (κ2) is 10.5. The van der Waals surface area contributed by atoms with Gasteiger partial charge < -0.3 is 21.1 Å². The molecule has 0 bridgehead atoms. The number of nitrogens with one attached hydrogen (secondary N) is 2. The SMILES string of the molecule is NC(C(=O)N1CCC(Nc2ccc3[nH]ncc3c2)CC1)c1cccc(F)c1.O=C(O)C(F)(F)F. The first-order valence-electron chi connectivity index (χ1n) is 10.3. The molecule has 2 aromatic carbocycles. The Labute approximate surface area is 191 Å². The number of piperidine rings is 1. The van der Waals surface area contributed by atoms with Crippen LogP contribution < -0.4 is 11.1 Å². The average Bonchev–Trinajstić information content (AvgIpc) is 3.26. The number of aromatic nitrogens is 2. The third kappa shape index (κ3) is 6.44. The molecular formula is C22H23F4N5O3. The number of halogens is 4. The monoisotopic (exact) mass is 481 g/mol. The number of carbonyl (C=O) groups excluding carboxylic acids is 1. The van der Waals surface area contributed by atoms with Gasteiger partial charge >= 0.3 is 12.1 Å². The number of amides is 1. The highest BCUT2D eigenvalue weighted by Gasteiger charge is 2.38. The highest BCUT2D eigenvalue weighted by Crippen LogP contribution is 2.22. The van der Waals surface area contributed by atoms with Crippen LogP contribution in [-0.4, -0.2) is 57.4 Å². The Bertz CT molecular complexity index is 1140. The quantitative estimate of drug-likeness (QED) is 0.423. The number of carboxylic acid groups (broad SMARTS) is 1. The number of aliphatic carboxylic acids is 1. The number of carboxylic acids is 1. The van der Waals surface area contributed by atoms with E-state index in [4.69, 9.17) is 15.6 Å². The van der Waals surface area contributed by atoms with E-state index in [0.717, 1.165) is 29.4 Å². The minimum Gasteiger partial charge on any atom is -0.475 e. The second-order valence-corrected chi connectivity index (χ2v) is 7.75. The molecule has 3 aromatic rings. The van der Waals surface area contributed by atoms with E-state index in [-0.39, 0.29) is 11.7 Å². The number of hydrogen-bond donors (Lipinski definition) is 4. The van der Waals surface area contributed by atoms with E-state index in [2.05, 4.69) is 21.6 Å². The molecule has 0 radical (unpaired) electrons. The Morgan fingerprint density at radius 2 is 1.85 bits per heavy atom. The van der Waals surface area contributed by atoms with Gasteiger partial charge in [-0.1, -0.05) is 12.1 Å². The predicted octanol–water partition coefficient (Wildman–Crippen LogP) is 3.44. The zero-order valence-electron chi connectivity index (χ0n) is 17.8. The van der Waals surface area contributed by atoms with Crippen LogP contribution in [0.15, 0.2) is 48.7 Å². The van der Waals surface area contributed by atoms with Crippen LogP contribution in [0.3, 0.4) is 0 Å². The van der Waals surface area contributed by atoms with Gasteiger partial charge in [0, 0.05) is 30.2 Å². The zero-order chi connectivity index (χ0) is 24.9. The molecule has 0 aliphatic carbocycles. The predicted molar refractivity (Wildman–Crippen MR) is 116 cm³/mol. The van der Waals surface area contributed by atoms with Crippen LogP contribution in [0.4, 0.5) is 23.2 Å². The molecule has 1 fully saturated rings. The molecule has 1 saturated heterocycles. The van der Waals surface area contributed by atoms with Crippen molar-refractivity contribution < 1.29 is 32.3 Å². The lowest BCUT2D eigenvalue weighted by Crippen LogP contribution is -2.45. The van der Waals surface area contributed by atoms with Crippen LogP contribution in [0.1, 0.15) is 24.4 Å². The Morgan fingerprint density at radius 3 is 2.47 bits per heavy atom. The highest BCUT2D eigenvalue weighted by molar-refractivity contribution is 5.83. The maximum absolute atomic E-state index is 13.4. The van der Waals surface area contributed by atoms with Gasteiger partial charge in [0.1, 0.15) is 11.9 Å². The number of anilines is 1. The molecule has 12 heteroatoms. The normalized spacial score (nSPS) is 15.4. The largest absolute Gasteiger partial charge is 0.490 e. The van der Waals surface area contributed by atoms with Crippen molar-refractivity contribution in [3.05, 3.63) is 60.0 Å². The van der Waals surface area contributed by atoms with E-state index < -0.39 is 18.2 Å². The van der Waals surface area contributed by atoms with E-state index in [1.54, 1.807) is 23.2 Å². The van der Waals surface area contributed by atoms with Gasteiger partial charge in [-0.15, -0.1) is 0 Å². The van der Waals surface area contributed by atoms with Crippen LogP contribution in [-0.2, 0) is 9.59 Å². The summed E-state index contributed by atoms with van der Waals surface area (Å²) in [5, 5.41) is 18.7. The van der Waals surface area contributed by atoms with Crippen LogP contribution in [0.2, 0.25) is 0 Å². The summed E-state index contributed by atoms with van der Waals surface area (Å²) in [6.45, 7) is 1.26. The molecular weight excluding hydrogens is 458 g/mol. The summed E-state index contributed by atoms with van der Waals surface area (Å²) >= 11 is 0. The summed E-state index contributed by atoms with van der Waals surface area (Å²) in [6.07, 6.45) is -1.61. The number of carbonyl (C=O) groups is 2. The van der Waals surface area contributed by atoms with Gasteiger partial charge in [0.15, 0.2) is 0 Å². The number of benzene rings is 2. The third-order valence-corrected chi connectivity index (χ3v) is 5.33. The van der Waals surface area contributed by atoms with Gasteiger partial charge in [-0.3, -0.25) is 9.89 Å². The molecule has 1 aliphatic heterocycles. The lowest BCUT2D eigenvalue weighted by atomic mass is 10.0. The van der Waals surface area contributed by atoms with E-state index in [1.165, 1.54) is 12.1 Å². The maximum Gasteiger partial charge on any atom is 0.490 e. The Kier molecular flexibility index (Phi) is 7.72. The number of aromatic amines is 1. The Balaban J connectivity index is 0.000000406. The zero-order valence-corrected chi connectivity index (χ0v) is 17.8. The molecule has 1 atom stereocenters. The van der Waals surface area contributed by atoms with Crippen LogP contribution >= 0.6 is 0 Å². The summed E-state index contributed by atoms with van der Waals surface area (Å²) in [7, 11) is 0. The van der Waals surface area contributed by atoms with Gasteiger partial charge in [-0.25, -0.2) is 9.18 Å². The molecule has 182 valence electrons. The molecule has 1 aliphatic rings. The van der Waals surface area contributed by atoms with E-state index >= 15 is 0 Å². The first-order chi connectivity index (χ1) is 16.0. The number of H-pyrrole nitrogens is 1.